The van der Waals surface area contributed by atoms with Crippen LogP contribution in [0, 0.1) is 17.1 Å². The summed E-state index contributed by atoms with van der Waals surface area (Å²) in [5.74, 6) is 0.370. The minimum atomic E-state index is -0.359. The molecule has 0 aromatic heterocycles. The smallest absolute Gasteiger partial charge is 0.319 e. The van der Waals surface area contributed by atoms with E-state index in [-0.39, 0.29) is 18.5 Å². The Bertz CT molecular complexity index is 996. The van der Waals surface area contributed by atoms with Gasteiger partial charge in [-0.15, -0.1) is 0 Å². The SMILES string of the molecule is N#CCc1ccc(OCc2ccccc2NC(=O)NCc2ccc(F)cc2)cc1. The maximum absolute atomic E-state index is 12.9. The van der Waals surface area contributed by atoms with E-state index < -0.39 is 0 Å². The number of rotatable bonds is 7. The Morgan fingerprint density at radius 1 is 0.966 bits per heavy atom. The summed E-state index contributed by atoms with van der Waals surface area (Å²) in [5.41, 5.74) is 3.20. The number of carbonyl (C=O) groups is 1. The number of hydrogen-bond acceptors (Lipinski definition) is 3. The second kappa shape index (κ2) is 9.90. The van der Waals surface area contributed by atoms with Crippen LogP contribution in [0.3, 0.4) is 0 Å². The van der Waals surface area contributed by atoms with Gasteiger partial charge in [0.25, 0.3) is 0 Å². The van der Waals surface area contributed by atoms with E-state index in [1.54, 1.807) is 18.2 Å². The van der Waals surface area contributed by atoms with Crippen LogP contribution in [0.25, 0.3) is 0 Å². The van der Waals surface area contributed by atoms with Crippen molar-refractivity contribution >= 4 is 11.7 Å². The lowest BCUT2D eigenvalue weighted by atomic mass is 10.1. The predicted molar refractivity (Wildman–Crippen MR) is 109 cm³/mol. The van der Waals surface area contributed by atoms with Gasteiger partial charge in [-0.25, -0.2) is 9.18 Å². The summed E-state index contributed by atoms with van der Waals surface area (Å²) in [5, 5.41) is 14.3. The number of hydrogen-bond donors (Lipinski definition) is 2. The van der Waals surface area contributed by atoms with Crippen LogP contribution < -0.4 is 15.4 Å². The van der Waals surface area contributed by atoms with Crippen molar-refractivity contribution in [2.24, 2.45) is 0 Å². The number of para-hydroxylation sites is 1. The molecule has 0 bridgehead atoms. The molecule has 2 amide bonds. The quantitative estimate of drug-likeness (QED) is 0.610. The van der Waals surface area contributed by atoms with Crippen LogP contribution in [0.1, 0.15) is 16.7 Å². The second-order valence-corrected chi connectivity index (χ2v) is 6.36. The first-order valence-electron chi connectivity index (χ1n) is 9.10. The summed E-state index contributed by atoms with van der Waals surface area (Å²) in [6.45, 7) is 0.575. The molecule has 3 aromatic carbocycles. The number of halogens is 1. The van der Waals surface area contributed by atoms with E-state index in [0.717, 1.165) is 16.7 Å². The summed E-state index contributed by atoms with van der Waals surface area (Å²) in [4.78, 5) is 12.2. The minimum Gasteiger partial charge on any atom is -0.489 e. The van der Waals surface area contributed by atoms with Gasteiger partial charge in [0.15, 0.2) is 0 Å². The molecule has 146 valence electrons. The highest BCUT2D eigenvalue weighted by Crippen LogP contribution is 2.19. The molecule has 5 nitrogen and oxygen atoms in total. The average molecular weight is 389 g/mol. The van der Waals surface area contributed by atoms with Gasteiger partial charge in [-0.1, -0.05) is 42.5 Å². The van der Waals surface area contributed by atoms with Crippen molar-refractivity contribution in [1.29, 1.82) is 5.26 Å². The molecule has 29 heavy (non-hydrogen) atoms. The Hall–Kier alpha value is -3.85. The first kappa shape index (κ1) is 19.9. The molecule has 0 aliphatic heterocycles. The fraction of sp³-hybridized carbons (Fsp3) is 0.130. The van der Waals surface area contributed by atoms with Crippen molar-refractivity contribution in [3.05, 3.63) is 95.3 Å². The molecule has 0 unspecified atom stereocenters. The standard InChI is InChI=1S/C23H20FN3O2/c24-20-9-5-18(6-10-20)15-26-23(28)27-22-4-2-1-3-19(22)16-29-21-11-7-17(8-12-21)13-14-25/h1-12H,13,15-16H2,(H2,26,27,28). The van der Waals surface area contributed by atoms with Crippen LogP contribution in [0.2, 0.25) is 0 Å². The number of anilines is 1. The predicted octanol–water partition coefficient (Wildman–Crippen LogP) is 4.79. The van der Waals surface area contributed by atoms with Crippen LogP contribution in [0.5, 0.6) is 5.75 Å². The Morgan fingerprint density at radius 2 is 1.66 bits per heavy atom. The van der Waals surface area contributed by atoms with E-state index in [9.17, 15) is 9.18 Å². The molecule has 0 atom stereocenters. The van der Waals surface area contributed by atoms with Crippen molar-refractivity contribution in [2.45, 2.75) is 19.6 Å². The van der Waals surface area contributed by atoms with Crippen molar-refractivity contribution < 1.29 is 13.9 Å². The number of nitrogens with one attached hydrogen (secondary N) is 2. The number of benzene rings is 3. The van der Waals surface area contributed by atoms with Gasteiger partial charge in [0.05, 0.1) is 12.5 Å². The maximum Gasteiger partial charge on any atom is 0.319 e. The topological polar surface area (TPSA) is 74.1 Å². The summed E-state index contributed by atoms with van der Waals surface area (Å²) >= 11 is 0. The Morgan fingerprint density at radius 3 is 2.38 bits per heavy atom. The monoisotopic (exact) mass is 389 g/mol. The number of amides is 2. The van der Waals surface area contributed by atoms with E-state index in [1.165, 1.54) is 12.1 Å². The van der Waals surface area contributed by atoms with Crippen LogP contribution in [-0.4, -0.2) is 6.03 Å². The van der Waals surface area contributed by atoms with Gasteiger partial charge in [0, 0.05) is 17.8 Å². The Labute approximate surface area is 168 Å². The van der Waals surface area contributed by atoms with Crippen molar-refractivity contribution in [2.75, 3.05) is 5.32 Å². The zero-order valence-corrected chi connectivity index (χ0v) is 15.7. The number of nitriles is 1. The van der Waals surface area contributed by atoms with E-state index >= 15 is 0 Å². The highest BCUT2D eigenvalue weighted by molar-refractivity contribution is 5.90. The van der Waals surface area contributed by atoms with Gasteiger partial charge in [-0.2, -0.15) is 5.26 Å². The number of nitrogens with zero attached hydrogens (tertiary/aromatic N) is 1. The molecule has 0 radical (unpaired) electrons. The minimum absolute atomic E-state index is 0.284. The maximum atomic E-state index is 12.9. The fourth-order valence-corrected chi connectivity index (χ4v) is 2.68. The molecule has 0 saturated heterocycles. The zero-order valence-electron chi connectivity index (χ0n) is 15.7. The highest BCUT2D eigenvalue weighted by atomic mass is 19.1. The van der Waals surface area contributed by atoms with Crippen molar-refractivity contribution in [1.82, 2.24) is 5.32 Å². The third-order valence-corrected chi connectivity index (χ3v) is 4.23. The first-order chi connectivity index (χ1) is 14.1. The van der Waals surface area contributed by atoms with Crippen LogP contribution in [0.4, 0.5) is 14.9 Å². The summed E-state index contributed by atoms with van der Waals surface area (Å²) in [6.07, 6.45) is 0.361. The van der Waals surface area contributed by atoms with Crippen LogP contribution in [-0.2, 0) is 19.6 Å². The van der Waals surface area contributed by atoms with E-state index in [2.05, 4.69) is 16.7 Å². The van der Waals surface area contributed by atoms with E-state index in [1.807, 2.05) is 42.5 Å². The molecule has 0 heterocycles. The molecule has 6 heteroatoms. The van der Waals surface area contributed by atoms with Gasteiger partial charge in [-0.3, -0.25) is 0 Å². The molecule has 0 aliphatic rings. The van der Waals surface area contributed by atoms with Gasteiger partial charge >= 0.3 is 6.03 Å². The summed E-state index contributed by atoms with van der Waals surface area (Å²) < 4.78 is 18.7. The lowest BCUT2D eigenvalue weighted by Crippen LogP contribution is -2.28. The molecule has 0 spiro atoms. The molecule has 0 aliphatic carbocycles. The van der Waals surface area contributed by atoms with Gasteiger partial charge < -0.3 is 15.4 Å². The molecular formula is C23H20FN3O2. The van der Waals surface area contributed by atoms with Gasteiger partial charge in [0.1, 0.15) is 18.2 Å². The number of urea groups is 1. The zero-order chi connectivity index (χ0) is 20.5. The molecular weight excluding hydrogens is 369 g/mol. The van der Waals surface area contributed by atoms with Crippen molar-refractivity contribution in [3.8, 4) is 11.8 Å². The summed E-state index contributed by atoms with van der Waals surface area (Å²) in [6, 6.07) is 22.4. The molecule has 0 saturated carbocycles. The average Bonchev–Trinajstić information content (AvgIpc) is 2.74. The molecule has 3 rings (SSSR count). The lowest BCUT2D eigenvalue weighted by molar-refractivity contribution is 0.251. The third-order valence-electron chi connectivity index (χ3n) is 4.23. The number of ether oxygens (including phenoxy) is 1. The number of carbonyl (C=O) groups excluding carboxylic acids is 1. The second-order valence-electron chi connectivity index (χ2n) is 6.36. The normalized spacial score (nSPS) is 10.1. The molecule has 0 fully saturated rings. The van der Waals surface area contributed by atoms with E-state index in [0.29, 0.717) is 24.4 Å². The van der Waals surface area contributed by atoms with Gasteiger partial charge in [0.2, 0.25) is 0 Å². The molecule has 3 aromatic rings. The van der Waals surface area contributed by atoms with Crippen LogP contribution >= 0.6 is 0 Å². The largest absolute Gasteiger partial charge is 0.489 e. The Balaban J connectivity index is 1.56. The Kier molecular flexibility index (Phi) is 6.80. The van der Waals surface area contributed by atoms with Gasteiger partial charge in [-0.05, 0) is 41.5 Å². The van der Waals surface area contributed by atoms with E-state index in [4.69, 9.17) is 10.00 Å². The van der Waals surface area contributed by atoms with Crippen LogP contribution in [0.15, 0.2) is 72.8 Å². The van der Waals surface area contributed by atoms with Crippen molar-refractivity contribution in [3.63, 3.8) is 0 Å². The lowest BCUT2D eigenvalue weighted by Gasteiger charge is -2.13. The third kappa shape index (κ3) is 6.08. The fourth-order valence-electron chi connectivity index (χ4n) is 2.68. The molecule has 2 N–H and O–H groups in total. The summed E-state index contributed by atoms with van der Waals surface area (Å²) in [7, 11) is 0. The first-order valence-corrected chi connectivity index (χ1v) is 9.10. The highest BCUT2D eigenvalue weighted by Gasteiger charge is 2.07.